The normalized spacial score (nSPS) is 13.0. The molecule has 1 aliphatic heterocycles. The van der Waals surface area contributed by atoms with E-state index in [9.17, 15) is 4.79 Å². The van der Waals surface area contributed by atoms with Gasteiger partial charge in [-0.05, 0) is 60.3 Å². The number of carbonyl (C=O) groups is 1. The standard InChI is InChI=1S/C40H42N8O5/c1-26-10-11-41-19-34(26)36-14-29-15-39(44-30-18-43-48(23-30)31-24-46(25-31)12-13-49)42-20-35(29)40(45-36)47(21-27-6-8-32(50-2)16-37(27)52-4)22-28-7-9-33(51-3)17-38(28)53-5/h6-11,13-20,23,31H,12,21-22,24-25H2,1-5H3,(H,42,44). The second-order valence-electron chi connectivity index (χ2n) is 12.9. The third-order valence-corrected chi connectivity index (χ3v) is 9.54. The van der Waals surface area contributed by atoms with Gasteiger partial charge in [-0.25, -0.2) is 9.97 Å². The first-order valence-corrected chi connectivity index (χ1v) is 17.2. The van der Waals surface area contributed by atoms with Gasteiger partial charge in [-0.15, -0.1) is 0 Å². The van der Waals surface area contributed by atoms with E-state index in [4.69, 9.17) is 28.9 Å². The van der Waals surface area contributed by atoms with Crippen LogP contribution in [0.1, 0.15) is 22.7 Å². The molecule has 272 valence electrons. The highest BCUT2D eigenvalue weighted by atomic mass is 16.5. The summed E-state index contributed by atoms with van der Waals surface area (Å²) in [5.41, 5.74) is 5.48. The van der Waals surface area contributed by atoms with E-state index in [1.54, 1.807) is 40.8 Å². The van der Waals surface area contributed by atoms with Gasteiger partial charge < -0.3 is 34.0 Å². The number of fused-ring (bicyclic) bond motifs is 1. The summed E-state index contributed by atoms with van der Waals surface area (Å²) in [5, 5.41) is 9.81. The van der Waals surface area contributed by atoms with E-state index < -0.39 is 0 Å². The third kappa shape index (κ3) is 7.56. The van der Waals surface area contributed by atoms with Gasteiger partial charge in [0.15, 0.2) is 0 Å². The minimum atomic E-state index is 0.230. The molecule has 1 N–H and O–H groups in total. The minimum Gasteiger partial charge on any atom is -0.497 e. The van der Waals surface area contributed by atoms with Crippen molar-refractivity contribution in [3.63, 3.8) is 0 Å². The second-order valence-corrected chi connectivity index (χ2v) is 12.9. The predicted molar refractivity (Wildman–Crippen MR) is 204 cm³/mol. The molecule has 0 unspecified atom stereocenters. The van der Waals surface area contributed by atoms with Crippen molar-refractivity contribution in [2.45, 2.75) is 26.1 Å². The van der Waals surface area contributed by atoms with Crippen LogP contribution in [0.5, 0.6) is 23.0 Å². The molecular formula is C40H42N8O5. The molecule has 0 aliphatic carbocycles. The molecule has 1 saturated heterocycles. The fraction of sp³-hybridized carbons (Fsp3) is 0.275. The van der Waals surface area contributed by atoms with E-state index in [0.717, 1.165) is 69.6 Å². The van der Waals surface area contributed by atoms with Gasteiger partial charge in [0.1, 0.15) is 40.9 Å². The number of hydrogen-bond donors (Lipinski definition) is 1. The Hall–Kier alpha value is -6.21. The number of nitrogens with zero attached hydrogens (tertiary/aromatic N) is 7. The maximum Gasteiger partial charge on any atom is 0.139 e. The van der Waals surface area contributed by atoms with Crippen molar-refractivity contribution in [1.82, 2.24) is 29.6 Å². The quantitative estimate of drug-likeness (QED) is 0.121. The topological polar surface area (TPSA) is 129 Å². The van der Waals surface area contributed by atoms with Crippen LogP contribution < -0.4 is 29.2 Å². The zero-order chi connectivity index (χ0) is 36.9. The molecule has 7 rings (SSSR count). The molecule has 13 nitrogen and oxygen atoms in total. The van der Waals surface area contributed by atoms with E-state index in [0.29, 0.717) is 48.5 Å². The molecule has 0 amide bonds. The lowest BCUT2D eigenvalue weighted by Crippen LogP contribution is -2.48. The van der Waals surface area contributed by atoms with E-state index in [1.165, 1.54) is 0 Å². The SMILES string of the molecule is COc1ccc(CN(Cc2ccc(OC)cc2OC)c2nc(-c3cnccc3C)cc3cc(Nc4cnn(C5CN(CC=O)C5)c4)ncc23)c(OC)c1. The number of aryl methyl sites for hydroxylation is 1. The number of rotatable bonds is 15. The molecule has 0 radical (unpaired) electrons. The van der Waals surface area contributed by atoms with Crippen molar-refractivity contribution in [3.8, 4) is 34.3 Å². The van der Waals surface area contributed by atoms with Gasteiger partial charge in [0.2, 0.25) is 0 Å². The van der Waals surface area contributed by atoms with Gasteiger partial charge in [0.25, 0.3) is 0 Å². The lowest BCUT2D eigenvalue weighted by Gasteiger charge is -2.37. The smallest absolute Gasteiger partial charge is 0.139 e. The summed E-state index contributed by atoms with van der Waals surface area (Å²) in [6, 6.07) is 18.0. The molecule has 0 saturated carbocycles. The first-order valence-electron chi connectivity index (χ1n) is 17.2. The molecule has 0 bridgehead atoms. The van der Waals surface area contributed by atoms with E-state index in [-0.39, 0.29) is 6.04 Å². The van der Waals surface area contributed by atoms with Crippen molar-refractivity contribution >= 4 is 34.4 Å². The summed E-state index contributed by atoms with van der Waals surface area (Å²) in [6.07, 6.45) is 10.2. The average Bonchev–Trinajstić information content (AvgIpc) is 3.63. The van der Waals surface area contributed by atoms with Crippen molar-refractivity contribution in [3.05, 3.63) is 102 Å². The molecule has 1 aliphatic rings. The van der Waals surface area contributed by atoms with Gasteiger partial charge in [0.05, 0.1) is 58.6 Å². The van der Waals surface area contributed by atoms with E-state index in [1.807, 2.05) is 71.8 Å². The number of anilines is 3. The number of nitrogens with one attached hydrogen (secondary N) is 1. The Balaban J connectivity index is 1.32. The summed E-state index contributed by atoms with van der Waals surface area (Å²) >= 11 is 0. The Kier molecular flexibility index (Phi) is 10.3. The summed E-state index contributed by atoms with van der Waals surface area (Å²) in [4.78, 5) is 29.8. The second kappa shape index (κ2) is 15.6. The number of aromatic nitrogens is 5. The highest BCUT2D eigenvalue weighted by molar-refractivity contribution is 5.96. The monoisotopic (exact) mass is 714 g/mol. The molecule has 2 aromatic carbocycles. The zero-order valence-electron chi connectivity index (χ0n) is 30.4. The predicted octanol–water partition coefficient (Wildman–Crippen LogP) is 6.24. The van der Waals surface area contributed by atoms with Crippen LogP contribution in [0.25, 0.3) is 22.0 Å². The molecule has 13 heteroatoms. The number of hydrogen-bond acceptors (Lipinski definition) is 12. The summed E-state index contributed by atoms with van der Waals surface area (Å²) < 4.78 is 24.6. The summed E-state index contributed by atoms with van der Waals surface area (Å²) in [7, 11) is 6.59. The fourth-order valence-corrected chi connectivity index (χ4v) is 6.61. The van der Waals surface area contributed by atoms with Crippen molar-refractivity contribution in [1.29, 1.82) is 0 Å². The van der Waals surface area contributed by atoms with E-state index >= 15 is 0 Å². The Morgan fingerprint density at radius 3 is 2.19 bits per heavy atom. The first-order chi connectivity index (χ1) is 25.9. The van der Waals surface area contributed by atoms with Crippen LogP contribution >= 0.6 is 0 Å². The molecule has 0 spiro atoms. The Morgan fingerprint density at radius 2 is 1.57 bits per heavy atom. The van der Waals surface area contributed by atoms with E-state index in [2.05, 4.69) is 38.2 Å². The molecule has 53 heavy (non-hydrogen) atoms. The van der Waals surface area contributed by atoms with Crippen LogP contribution in [0.2, 0.25) is 0 Å². The molecule has 6 aromatic rings. The number of likely N-dealkylation sites (tertiary alicyclic amines) is 1. The molecular weight excluding hydrogens is 672 g/mol. The Labute approximate surface area is 308 Å². The van der Waals surface area contributed by atoms with Crippen LogP contribution in [-0.4, -0.2) is 84.0 Å². The van der Waals surface area contributed by atoms with Gasteiger partial charge >= 0.3 is 0 Å². The van der Waals surface area contributed by atoms with Crippen molar-refractivity contribution in [2.75, 3.05) is 58.3 Å². The lowest BCUT2D eigenvalue weighted by molar-refractivity contribution is -0.110. The van der Waals surface area contributed by atoms with Crippen LogP contribution in [0.15, 0.2) is 85.6 Å². The van der Waals surface area contributed by atoms with Crippen LogP contribution in [0, 0.1) is 6.92 Å². The minimum absolute atomic E-state index is 0.230. The molecule has 1 fully saturated rings. The third-order valence-electron chi connectivity index (χ3n) is 9.54. The number of pyridine rings is 3. The Morgan fingerprint density at radius 1 is 0.868 bits per heavy atom. The highest BCUT2D eigenvalue weighted by Crippen LogP contribution is 2.37. The summed E-state index contributed by atoms with van der Waals surface area (Å²) in [5.74, 6) is 4.20. The zero-order valence-corrected chi connectivity index (χ0v) is 30.4. The van der Waals surface area contributed by atoms with Gasteiger partial charge in [-0.2, -0.15) is 5.10 Å². The van der Waals surface area contributed by atoms with Crippen molar-refractivity contribution < 1.29 is 23.7 Å². The van der Waals surface area contributed by atoms with Crippen LogP contribution in [0.3, 0.4) is 0 Å². The molecule has 4 aromatic heterocycles. The number of methoxy groups -OCH3 is 4. The maximum atomic E-state index is 10.9. The van der Waals surface area contributed by atoms with Gasteiger partial charge in [0, 0.05) is 85.2 Å². The number of carbonyl (C=O) groups excluding carboxylic acids is 1. The average molecular weight is 715 g/mol. The highest BCUT2D eigenvalue weighted by Gasteiger charge is 2.28. The van der Waals surface area contributed by atoms with Gasteiger partial charge in [-0.3, -0.25) is 14.6 Å². The van der Waals surface area contributed by atoms with Gasteiger partial charge in [-0.1, -0.05) is 0 Å². The molecule has 0 atom stereocenters. The number of ether oxygens (including phenoxy) is 4. The number of benzene rings is 2. The van der Waals surface area contributed by atoms with Crippen molar-refractivity contribution in [2.24, 2.45) is 0 Å². The number of aldehydes is 1. The van der Waals surface area contributed by atoms with Crippen LogP contribution in [0.4, 0.5) is 17.3 Å². The molecule has 5 heterocycles. The summed E-state index contributed by atoms with van der Waals surface area (Å²) in [6.45, 7) is 4.99. The fourth-order valence-electron chi connectivity index (χ4n) is 6.61. The maximum absolute atomic E-state index is 10.9. The first kappa shape index (κ1) is 35.2. The lowest BCUT2D eigenvalue weighted by atomic mass is 10.0. The largest absolute Gasteiger partial charge is 0.497 e. The van der Waals surface area contributed by atoms with Crippen LogP contribution in [-0.2, 0) is 17.9 Å². The Bertz CT molecular complexity index is 2180.